The van der Waals surface area contributed by atoms with Gasteiger partial charge in [0, 0.05) is 32.2 Å². The highest BCUT2D eigenvalue weighted by Crippen LogP contribution is 2.39. The molecule has 2 aromatic carbocycles. The molecule has 2 aromatic rings. The standard InChI is InChI=1S/C20H28N2O.2ClH/c1-20(2,3)19(22-11-9-21-10-12-22)17-6-5-16-14-18(23-4)8-7-15(16)13-17;;/h5-8,13-14,19,21H,9-12H2,1-4H3;2*1H/t19-;;/m1../s1. The Morgan fingerprint density at radius 2 is 1.56 bits per heavy atom. The SMILES string of the molecule is COc1ccc2cc([C@@H](N3CCNCC3)C(C)(C)C)ccc2c1.Cl.Cl. The van der Waals surface area contributed by atoms with E-state index in [1.807, 2.05) is 6.07 Å². The Balaban J connectivity index is 0.00000156. The topological polar surface area (TPSA) is 24.5 Å². The summed E-state index contributed by atoms with van der Waals surface area (Å²) >= 11 is 0. The summed E-state index contributed by atoms with van der Waals surface area (Å²) in [4.78, 5) is 2.63. The molecule has 1 heterocycles. The smallest absolute Gasteiger partial charge is 0.119 e. The van der Waals surface area contributed by atoms with Gasteiger partial charge in [0.2, 0.25) is 0 Å². The van der Waals surface area contributed by atoms with Gasteiger partial charge in [0.1, 0.15) is 5.75 Å². The van der Waals surface area contributed by atoms with Crippen LogP contribution in [0.2, 0.25) is 0 Å². The van der Waals surface area contributed by atoms with E-state index in [0.717, 1.165) is 31.9 Å². The normalized spacial score (nSPS) is 16.6. The first kappa shape index (κ1) is 22.0. The van der Waals surface area contributed by atoms with Crippen LogP contribution in [0, 0.1) is 5.41 Å². The van der Waals surface area contributed by atoms with Crippen LogP contribution in [0.5, 0.6) is 5.75 Å². The number of benzene rings is 2. The minimum atomic E-state index is 0. The Morgan fingerprint density at radius 1 is 0.960 bits per heavy atom. The van der Waals surface area contributed by atoms with Crippen LogP contribution in [0.25, 0.3) is 10.8 Å². The number of hydrogen-bond acceptors (Lipinski definition) is 3. The van der Waals surface area contributed by atoms with Gasteiger partial charge < -0.3 is 10.1 Å². The number of rotatable bonds is 3. The molecular formula is C20H30Cl2N2O. The van der Waals surface area contributed by atoms with Crippen LogP contribution < -0.4 is 10.1 Å². The van der Waals surface area contributed by atoms with E-state index < -0.39 is 0 Å². The summed E-state index contributed by atoms with van der Waals surface area (Å²) in [5.74, 6) is 0.916. The van der Waals surface area contributed by atoms with Crippen molar-refractivity contribution in [1.29, 1.82) is 0 Å². The van der Waals surface area contributed by atoms with Gasteiger partial charge in [0.25, 0.3) is 0 Å². The number of fused-ring (bicyclic) bond motifs is 1. The van der Waals surface area contributed by atoms with Crippen molar-refractivity contribution in [2.45, 2.75) is 26.8 Å². The van der Waals surface area contributed by atoms with Gasteiger partial charge in [-0.2, -0.15) is 0 Å². The van der Waals surface area contributed by atoms with Crippen molar-refractivity contribution in [3.8, 4) is 5.75 Å². The minimum Gasteiger partial charge on any atom is -0.497 e. The molecule has 3 rings (SSSR count). The summed E-state index contributed by atoms with van der Waals surface area (Å²) in [6.45, 7) is 11.4. The lowest BCUT2D eigenvalue weighted by atomic mass is 9.80. The van der Waals surface area contributed by atoms with E-state index in [0.29, 0.717) is 6.04 Å². The number of nitrogens with zero attached hydrogens (tertiary/aromatic N) is 1. The number of halogens is 2. The van der Waals surface area contributed by atoms with E-state index in [1.54, 1.807) is 7.11 Å². The molecule has 25 heavy (non-hydrogen) atoms. The molecule has 1 fully saturated rings. The van der Waals surface area contributed by atoms with Gasteiger partial charge in [0.15, 0.2) is 0 Å². The van der Waals surface area contributed by atoms with Crippen molar-refractivity contribution in [2.24, 2.45) is 5.41 Å². The lowest BCUT2D eigenvalue weighted by Gasteiger charge is -2.42. The predicted octanol–water partition coefficient (Wildman–Crippen LogP) is 4.68. The second kappa shape index (κ2) is 9.09. The summed E-state index contributed by atoms with van der Waals surface area (Å²) < 4.78 is 5.33. The highest BCUT2D eigenvalue weighted by molar-refractivity contribution is 5.86. The lowest BCUT2D eigenvalue weighted by molar-refractivity contribution is 0.0863. The van der Waals surface area contributed by atoms with E-state index in [4.69, 9.17) is 4.74 Å². The van der Waals surface area contributed by atoms with Gasteiger partial charge in [-0.1, -0.05) is 39.0 Å². The third-order valence-corrected chi connectivity index (χ3v) is 4.72. The Labute approximate surface area is 163 Å². The molecule has 0 aromatic heterocycles. The van der Waals surface area contributed by atoms with Gasteiger partial charge in [-0.25, -0.2) is 0 Å². The highest BCUT2D eigenvalue weighted by atomic mass is 35.5. The van der Waals surface area contributed by atoms with Crippen molar-refractivity contribution in [1.82, 2.24) is 10.2 Å². The molecule has 3 nitrogen and oxygen atoms in total. The summed E-state index contributed by atoms with van der Waals surface area (Å²) in [6.07, 6.45) is 0. The van der Waals surface area contributed by atoms with Crippen molar-refractivity contribution in [3.05, 3.63) is 42.0 Å². The van der Waals surface area contributed by atoms with Crippen LogP contribution in [0.1, 0.15) is 32.4 Å². The molecule has 5 heteroatoms. The van der Waals surface area contributed by atoms with Crippen molar-refractivity contribution >= 4 is 35.6 Å². The molecule has 0 unspecified atom stereocenters. The van der Waals surface area contributed by atoms with Crippen LogP contribution in [-0.4, -0.2) is 38.2 Å². The number of ether oxygens (including phenoxy) is 1. The van der Waals surface area contributed by atoms with Gasteiger partial charge in [-0.3, -0.25) is 4.90 Å². The largest absolute Gasteiger partial charge is 0.497 e. The zero-order valence-electron chi connectivity index (χ0n) is 15.5. The molecule has 0 spiro atoms. The van der Waals surface area contributed by atoms with E-state index in [-0.39, 0.29) is 30.2 Å². The molecule has 1 aliphatic rings. The predicted molar refractivity (Wildman–Crippen MR) is 112 cm³/mol. The fourth-order valence-corrected chi connectivity index (χ4v) is 3.74. The first-order valence-electron chi connectivity index (χ1n) is 8.51. The average molecular weight is 385 g/mol. The quantitative estimate of drug-likeness (QED) is 0.830. The van der Waals surface area contributed by atoms with Crippen LogP contribution in [0.4, 0.5) is 0 Å². The molecule has 0 amide bonds. The molecule has 140 valence electrons. The molecule has 1 aliphatic heterocycles. The van der Waals surface area contributed by atoms with Crippen molar-refractivity contribution < 1.29 is 4.74 Å². The Bertz CT molecular complexity index is 679. The van der Waals surface area contributed by atoms with Gasteiger partial charge >= 0.3 is 0 Å². The van der Waals surface area contributed by atoms with Gasteiger partial charge in [-0.15, -0.1) is 24.8 Å². The fraction of sp³-hybridized carbons (Fsp3) is 0.500. The molecule has 1 saturated heterocycles. The number of piperazine rings is 1. The lowest BCUT2D eigenvalue weighted by Crippen LogP contribution is -2.48. The summed E-state index contributed by atoms with van der Waals surface area (Å²) in [5, 5.41) is 5.98. The summed E-state index contributed by atoms with van der Waals surface area (Å²) in [5.41, 5.74) is 1.62. The minimum absolute atomic E-state index is 0. The van der Waals surface area contributed by atoms with Gasteiger partial charge in [-0.05, 0) is 39.9 Å². The monoisotopic (exact) mass is 384 g/mol. The first-order valence-corrected chi connectivity index (χ1v) is 8.51. The van der Waals surface area contributed by atoms with E-state index in [2.05, 4.69) is 61.3 Å². The first-order chi connectivity index (χ1) is 11.0. The Hall–Kier alpha value is -1.000. The summed E-state index contributed by atoms with van der Waals surface area (Å²) in [7, 11) is 1.72. The third-order valence-electron chi connectivity index (χ3n) is 4.72. The zero-order chi connectivity index (χ0) is 16.4. The maximum Gasteiger partial charge on any atom is 0.119 e. The van der Waals surface area contributed by atoms with E-state index in [9.17, 15) is 0 Å². The fourth-order valence-electron chi connectivity index (χ4n) is 3.74. The zero-order valence-corrected chi connectivity index (χ0v) is 17.2. The number of methoxy groups -OCH3 is 1. The third kappa shape index (κ3) is 5.01. The van der Waals surface area contributed by atoms with Crippen LogP contribution in [0.3, 0.4) is 0 Å². The second-order valence-corrected chi connectivity index (χ2v) is 7.53. The molecule has 1 atom stereocenters. The summed E-state index contributed by atoms with van der Waals surface area (Å²) in [6, 6.07) is 13.6. The number of hydrogen-bond donors (Lipinski definition) is 1. The molecule has 1 N–H and O–H groups in total. The molecule has 0 saturated carbocycles. The molecular weight excluding hydrogens is 355 g/mol. The average Bonchev–Trinajstić information content (AvgIpc) is 2.54. The maximum atomic E-state index is 5.33. The Morgan fingerprint density at radius 3 is 2.16 bits per heavy atom. The van der Waals surface area contributed by atoms with Crippen LogP contribution in [-0.2, 0) is 0 Å². The van der Waals surface area contributed by atoms with Gasteiger partial charge in [0.05, 0.1) is 7.11 Å². The maximum absolute atomic E-state index is 5.33. The van der Waals surface area contributed by atoms with E-state index in [1.165, 1.54) is 16.3 Å². The second-order valence-electron chi connectivity index (χ2n) is 7.53. The molecule has 0 aliphatic carbocycles. The highest BCUT2D eigenvalue weighted by Gasteiger charge is 2.32. The van der Waals surface area contributed by atoms with E-state index >= 15 is 0 Å². The Kier molecular flexibility index (Phi) is 8.01. The van der Waals surface area contributed by atoms with Crippen molar-refractivity contribution in [2.75, 3.05) is 33.3 Å². The molecule has 0 bridgehead atoms. The van der Waals surface area contributed by atoms with Crippen LogP contribution >= 0.6 is 24.8 Å². The van der Waals surface area contributed by atoms with Crippen molar-refractivity contribution in [3.63, 3.8) is 0 Å². The number of nitrogens with one attached hydrogen (secondary N) is 1. The van der Waals surface area contributed by atoms with Crippen LogP contribution in [0.15, 0.2) is 36.4 Å². The molecule has 0 radical (unpaired) electrons.